The van der Waals surface area contributed by atoms with Gasteiger partial charge in [0.2, 0.25) is 0 Å². The predicted octanol–water partition coefficient (Wildman–Crippen LogP) is 3.62. The number of nitrogens with one attached hydrogen (secondary N) is 1. The number of pyridine rings is 1. The van der Waals surface area contributed by atoms with Gasteiger partial charge in [-0.05, 0) is 49.6 Å². The maximum Gasteiger partial charge on any atom is 0.0422 e. The Morgan fingerprint density at radius 3 is 2.42 bits per heavy atom. The largest absolute Gasteiger partial charge is 0.313 e. The maximum atomic E-state index is 4.48. The fourth-order valence-corrected chi connectivity index (χ4v) is 2.46. The first kappa shape index (κ1) is 14.1. The van der Waals surface area contributed by atoms with Crippen LogP contribution in [0.4, 0.5) is 0 Å². The van der Waals surface area contributed by atoms with E-state index in [1.54, 1.807) is 11.8 Å². The van der Waals surface area contributed by atoms with Crippen LogP contribution in [-0.4, -0.2) is 18.3 Å². The number of thioether (sulfide) groups is 1. The van der Waals surface area contributed by atoms with E-state index in [1.165, 1.54) is 16.0 Å². The van der Waals surface area contributed by atoms with Crippen molar-refractivity contribution in [3.63, 3.8) is 0 Å². The van der Waals surface area contributed by atoms with Gasteiger partial charge in [-0.15, -0.1) is 11.8 Å². The Bertz CT molecular complexity index is 505. The van der Waals surface area contributed by atoms with Crippen molar-refractivity contribution in [3.05, 3.63) is 59.4 Å². The van der Waals surface area contributed by atoms with Crippen LogP contribution in [0.3, 0.4) is 0 Å². The fourth-order valence-electron chi connectivity index (χ4n) is 2.05. The molecule has 2 aromatic rings. The van der Waals surface area contributed by atoms with Gasteiger partial charge in [0.25, 0.3) is 0 Å². The molecule has 0 amide bonds. The molecule has 1 heterocycles. The number of hydrogen-bond donors (Lipinski definition) is 1. The van der Waals surface area contributed by atoms with Gasteiger partial charge in [0.05, 0.1) is 0 Å². The fraction of sp³-hybridized carbons (Fsp3) is 0.312. The van der Waals surface area contributed by atoms with Crippen LogP contribution < -0.4 is 5.32 Å². The van der Waals surface area contributed by atoms with Crippen LogP contribution in [0.2, 0.25) is 0 Å². The van der Waals surface area contributed by atoms with Crippen LogP contribution in [0.5, 0.6) is 0 Å². The molecule has 0 fully saturated rings. The molecule has 0 spiro atoms. The quantitative estimate of drug-likeness (QED) is 0.842. The van der Waals surface area contributed by atoms with E-state index in [1.807, 2.05) is 13.2 Å². The summed E-state index contributed by atoms with van der Waals surface area (Å²) in [5, 5.41) is 3.37. The Labute approximate surface area is 119 Å². The number of likely N-dealkylation sites (N-methyl/N-ethyl adjacent to an activating group) is 1. The van der Waals surface area contributed by atoms with Crippen LogP contribution in [0.15, 0.2) is 47.5 Å². The molecule has 0 bridgehead atoms. The number of rotatable bonds is 5. The van der Waals surface area contributed by atoms with E-state index < -0.39 is 0 Å². The number of nitrogens with zero attached hydrogens (tertiary/aromatic N) is 1. The highest BCUT2D eigenvalue weighted by Gasteiger charge is 2.10. The van der Waals surface area contributed by atoms with Crippen LogP contribution in [0.1, 0.15) is 22.9 Å². The average molecular weight is 272 g/mol. The lowest BCUT2D eigenvalue weighted by Crippen LogP contribution is -2.19. The zero-order valence-electron chi connectivity index (χ0n) is 11.7. The molecule has 1 aromatic carbocycles. The summed E-state index contributed by atoms with van der Waals surface area (Å²) in [7, 11) is 2.00. The molecule has 0 aliphatic carbocycles. The zero-order chi connectivity index (χ0) is 13.7. The Balaban J connectivity index is 2.12. The second kappa shape index (κ2) is 6.73. The van der Waals surface area contributed by atoms with Gasteiger partial charge < -0.3 is 5.32 Å². The molecule has 19 heavy (non-hydrogen) atoms. The monoisotopic (exact) mass is 272 g/mol. The average Bonchev–Trinajstić information content (AvgIpc) is 2.47. The Morgan fingerprint density at radius 2 is 1.89 bits per heavy atom. The Hall–Kier alpha value is -1.32. The molecular weight excluding hydrogens is 252 g/mol. The normalized spacial score (nSPS) is 12.4. The van der Waals surface area contributed by atoms with E-state index in [-0.39, 0.29) is 0 Å². The van der Waals surface area contributed by atoms with Crippen molar-refractivity contribution < 1.29 is 0 Å². The van der Waals surface area contributed by atoms with E-state index in [0.29, 0.717) is 6.04 Å². The van der Waals surface area contributed by atoms with Crippen molar-refractivity contribution in [2.24, 2.45) is 0 Å². The zero-order valence-corrected chi connectivity index (χ0v) is 12.5. The lowest BCUT2D eigenvalue weighted by atomic mass is 10.0. The summed E-state index contributed by atoms with van der Waals surface area (Å²) in [6.07, 6.45) is 4.94. The van der Waals surface area contributed by atoms with E-state index >= 15 is 0 Å². The van der Waals surface area contributed by atoms with Gasteiger partial charge >= 0.3 is 0 Å². The van der Waals surface area contributed by atoms with Gasteiger partial charge in [-0.25, -0.2) is 0 Å². The second-order valence-electron chi connectivity index (χ2n) is 4.65. The Morgan fingerprint density at radius 1 is 1.16 bits per heavy atom. The van der Waals surface area contributed by atoms with Crippen molar-refractivity contribution in [3.8, 4) is 0 Å². The third-order valence-corrected chi connectivity index (χ3v) is 4.00. The van der Waals surface area contributed by atoms with E-state index in [2.05, 4.69) is 59.9 Å². The van der Waals surface area contributed by atoms with Crippen molar-refractivity contribution in [1.82, 2.24) is 10.3 Å². The SMILES string of the molecule is CNC(Cc1ccc(C)cn1)c1ccc(SC)cc1. The molecule has 0 radical (unpaired) electrons. The third-order valence-electron chi connectivity index (χ3n) is 3.25. The lowest BCUT2D eigenvalue weighted by molar-refractivity contribution is 0.584. The highest BCUT2D eigenvalue weighted by Crippen LogP contribution is 2.21. The predicted molar refractivity (Wildman–Crippen MR) is 82.7 cm³/mol. The summed E-state index contributed by atoms with van der Waals surface area (Å²) >= 11 is 1.77. The van der Waals surface area contributed by atoms with Gasteiger partial charge in [0, 0.05) is 29.2 Å². The molecule has 2 rings (SSSR count). The summed E-state index contributed by atoms with van der Waals surface area (Å²) in [6.45, 7) is 2.06. The van der Waals surface area contributed by atoms with Gasteiger partial charge in [0.1, 0.15) is 0 Å². The second-order valence-corrected chi connectivity index (χ2v) is 5.53. The molecule has 1 N–H and O–H groups in total. The van der Waals surface area contributed by atoms with Gasteiger partial charge in [-0.1, -0.05) is 18.2 Å². The van der Waals surface area contributed by atoms with Gasteiger partial charge in [-0.2, -0.15) is 0 Å². The summed E-state index contributed by atoms with van der Waals surface area (Å²) < 4.78 is 0. The summed E-state index contributed by atoms with van der Waals surface area (Å²) in [5.74, 6) is 0. The molecule has 0 saturated carbocycles. The van der Waals surface area contributed by atoms with Crippen LogP contribution >= 0.6 is 11.8 Å². The minimum Gasteiger partial charge on any atom is -0.313 e. The minimum atomic E-state index is 0.311. The number of benzene rings is 1. The molecular formula is C16H20N2S. The molecule has 1 atom stereocenters. The van der Waals surface area contributed by atoms with Crippen molar-refractivity contribution in [2.45, 2.75) is 24.3 Å². The van der Waals surface area contributed by atoms with Crippen LogP contribution in [0.25, 0.3) is 0 Å². The lowest BCUT2D eigenvalue weighted by Gasteiger charge is -2.16. The smallest absolute Gasteiger partial charge is 0.0422 e. The molecule has 100 valence electrons. The molecule has 0 saturated heterocycles. The van der Waals surface area contributed by atoms with Crippen LogP contribution in [-0.2, 0) is 6.42 Å². The molecule has 3 heteroatoms. The summed E-state index contributed by atoms with van der Waals surface area (Å²) in [6, 6.07) is 13.3. The topological polar surface area (TPSA) is 24.9 Å². The molecule has 0 aliphatic rings. The first-order valence-corrected chi connectivity index (χ1v) is 7.68. The number of aryl methyl sites for hydroxylation is 1. The Kier molecular flexibility index (Phi) is 5.00. The first-order valence-electron chi connectivity index (χ1n) is 6.45. The third kappa shape index (κ3) is 3.82. The molecule has 2 nitrogen and oxygen atoms in total. The van der Waals surface area contributed by atoms with Crippen molar-refractivity contribution >= 4 is 11.8 Å². The standard InChI is InChI=1S/C16H20N2S/c1-12-4-7-14(18-11-12)10-16(17-2)13-5-8-15(19-3)9-6-13/h4-9,11,16-17H,10H2,1-3H3. The maximum absolute atomic E-state index is 4.48. The van der Waals surface area contributed by atoms with Gasteiger partial charge in [0.15, 0.2) is 0 Å². The first-order chi connectivity index (χ1) is 9.22. The highest BCUT2D eigenvalue weighted by atomic mass is 32.2. The summed E-state index contributed by atoms with van der Waals surface area (Å²) in [5.41, 5.74) is 3.63. The van der Waals surface area contributed by atoms with Gasteiger partial charge in [-0.3, -0.25) is 4.98 Å². The molecule has 0 aliphatic heterocycles. The van der Waals surface area contributed by atoms with E-state index in [0.717, 1.165) is 12.1 Å². The van der Waals surface area contributed by atoms with E-state index in [4.69, 9.17) is 0 Å². The molecule has 1 unspecified atom stereocenters. The van der Waals surface area contributed by atoms with E-state index in [9.17, 15) is 0 Å². The molecule has 1 aromatic heterocycles. The van der Waals surface area contributed by atoms with Crippen LogP contribution in [0, 0.1) is 6.92 Å². The van der Waals surface area contributed by atoms with Crippen molar-refractivity contribution in [2.75, 3.05) is 13.3 Å². The highest BCUT2D eigenvalue weighted by molar-refractivity contribution is 7.98. The summed E-state index contributed by atoms with van der Waals surface area (Å²) in [4.78, 5) is 5.78. The number of hydrogen-bond acceptors (Lipinski definition) is 3. The number of aromatic nitrogens is 1. The van der Waals surface area contributed by atoms with Crippen molar-refractivity contribution in [1.29, 1.82) is 0 Å². The minimum absolute atomic E-state index is 0.311.